The Morgan fingerprint density at radius 2 is 2.00 bits per heavy atom. The standard InChI is InChI=1S/C13H11FN2O/c14-12(9-17)8-10-3-5-11(6-4-10)13-2-1-7-15-16-13/h1-7,9,17H,8H2/b12-9-. The normalized spacial score (nSPS) is 11.5. The van der Waals surface area contributed by atoms with Crippen molar-refractivity contribution in [2.75, 3.05) is 0 Å². The highest BCUT2D eigenvalue weighted by molar-refractivity contribution is 5.58. The van der Waals surface area contributed by atoms with Crippen LogP contribution in [-0.2, 0) is 6.42 Å². The third-order valence-electron chi connectivity index (χ3n) is 2.34. The summed E-state index contributed by atoms with van der Waals surface area (Å²) < 4.78 is 12.8. The van der Waals surface area contributed by atoms with E-state index in [0.717, 1.165) is 16.8 Å². The summed E-state index contributed by atoms with van der Waals surface area (Å²) in [6, 6.07) is 11.0. The molecular formula is C13H11FN2O. The molecule has 1 aromatic heterocycles. The number of aliphatic hydroxyl groups is 1. The van der Waals surface area contributed by atoms with Gasteiger partial charge in [0.05, 0.1) is 5.69 Å². The Hall–Kier alpha value is -2.23. The van der Waals surface area contributed by atoms with E-state index in [1.807, 2.05) is 24.3 Å². The van der Waals surface area contributed by atoms with Crippen molar-refractivity contribution >= 4 is 0 Å². The van der Waals surface area contributed by atoms with Crippen LogP contribution in [0.25, 0.3) is 11.3 Å². The van der Waals surface area contributed by atoms with Crippen LogP contribution in [0, 0.1) is 0 Å². The fourth-order valence-corrected chi connectivity index (χ4v) is 1.49. The van der Waals surface area contributed by atoms with Crippen LogP contribution in [0.1, 0.15) is 5.56 Å². The van der Waals surface area contributed by atoms with E-state index in [1.54, 1.807) is 18.3 Å². The molecule has 0 atom stereocenters. The number of hydrogen-bond acceptors (Lipinski definition) is 3. The summed E-state index contributed by atoms with van der Waals surface area (Å²) in [7, 11) is 0. The van der Waals surface area contributed by atoms with E-state index in [9.17, 15) is 4.39 Å². The highest BCUT2D eigenvalue weighted by atomic mass is 19.1. The molecule has 1 heterocycles. The lowest BCUT2D eigenvalue weighted by molar-refractivity contribution is 0.435. The quantitative estimate of drug-likeness (QED) is 0.824. The molecule has 0 saturated carbocycles. The summed E-state index contributed by atoms with van der Waals surface area (Å²) in [5.74, 6) is -0.558. The molecule has 0 saturated heterocycles. The number of halogens is 1. The number of rotatable bonds is 3. The van der Waals surface area contributed by atoms with Gasteiger partial charge in [0.1, 0.15) is 12.1 Å². The van der Waals surface area contributed by atoms with E-state index in [0.29, 0.717) is 6.26 Å². The molecule has 0 radical (unpaired) electrons. The highest BCUT2D eigenvalue weighted by Crippen LogP contribution is 2.17. The van der Waals surface area contributed by atoms with E-state index in [-0.39, 0.29) is 6.42 Å². The Morgan fingerprint density at radius 1 is 1.24 bits per heavy atom. The fraction of sp³-hybridized carbons (Fsp3) is 0.0769. The lowest BCUT2D eigenvalue weighted by atomic mass is 10.1. The third kappa shape index (κ3) is 2.87. The van der Waals surface area contributed by atoms with Crippen LogP contribution in [0.3, 0.4) is 0 Å². The Bertz CT molecular complexity index is 509. The number of allylic oxidation sites excluding steroid dienone is 1. The molecule has 0 unspecified atom stereocenters. The van der Waals surface area contributed by atoms with Gasteiger partial charge in [-0.25, -0.2) is 4.39 Å². The first-order valence-electron chi connectivity index (χ1n) is 5.15. The van der Waals surface area contributed by atoms with Crippen molar-refractivity contribution in [2.45, 2.75) is 6.42 Å². The van der Waals surface area contributed by atoms with Crippen molar-refractivity contribution in [3.63, 3.8) is 0 Å². The van der Waals surface area contributed by atoms with Crippen LogP contribution in [0.15, 0.2) is 54.7 Å². The predicted molar refractivity (Wildman–Crippen MR) is 63.0 cm³/mol. The Kier molecular flexibility index (Phi) is 3.45. The second-order valence-corrected chi connectivity index (χ2v) is 3.56. The van der Waals surface area contributed by atoms with Crippen LogP contribution in [0.5, 0.6) is 0 Å². The van der Waals surface area contributed by atoms with Crippen molar-refractivity contribution in [1.82, 2.24) is 10.2 Å². The van der Waals surface area contributed by atoms with Crippen LogP contribution >= 0.6 is 0 Å². The van der Waals surface area contributed by atoms with Crippen molar-refractivity contribution in [1.29, 1.82) is 0 Å². The third-order valence-corrected chi connectivity index (χ3v) is 2.34. The van der Waals surface area contributed by atoms with Gasteiger partial charge in [-0.1, -0.05) is 24.3 Å². The minimum atomic E-state index is -0.558. The van der Waals surface area contributed by atoms with Crippen molar-refractivity contribution in [3.05, 3.63) is 60.2 Å². The van der Waals surface area contributed by atoms with Crippen molar-refractivity contribution < 1.29 is 9.50 Å². The molecule has 0 amide bonds. The molecule has 1 aromatic carbocycles. The first kappa shape index (κ1) is 11.3. The average Bonchev–Trinajstić information content (AvgIpc) is 2.40. The monoisotopic (exact) mass is 230 g/mol. The maximum atomic E-state index is 12.8. The topological polar surface area (TPSA) is 46.0 Å². The van der Waals surface area contributed by atoms with Gasteiger partial charge < -0.3 is 5.11 Å². The molecular weight excluding hydrogens is 219 g/mol. The Balaban J connectivity index is 2.19. The molecule has 17 heavy (non-hydrogen) atoms. The lowest BCUT2D eigenvalue weighted by Gasteiger charge is -2.02. The van der Waals surface area contributed by atoms with Gasteiger partial charge in [-0.05, 0) is 17.7 Å². The molecule has 0 bridgehead atoms. The zero-order chi connectivity index (χ0) is 12.1. The van der Waals surface area contributed by atoms with Crippen LogP contribution < -0.4 is 0 Å². The first-order valence-corrected chi connectivity index (χ1v) is 5.15. The Labute approximate surface area is 98.3 Å². The zero-order valence-electron chi connectivity index (χ0n) is 9.05. The molecule has 2 rings (SSSR count). The maximum absolute atomic E-state index is 12.8. The molecule has 86 valence electrons. The fourth-order valence-electron chi connectivity index (χ4n) is 1.49. The van der Waals surface area contributed by atoms with Gasteiger partial charge in [0.2, 0.25) is 0 Å². The summed E-state index contributed by atoms with van der Waals surface area (Å²) >= 11 is 0. The summed E-state index contributed by atoms with van der Waals surface area (Å²) in [5.41, 5.74) is 2.49. The Morgan fingerprint density at radius 3 is 2.59 bits per heavy atom. The second-order valence-electron chi connectivity index (χ2n) is 3.56. The zero-order valence-corrected chi connectivity index (χ0v) is 9.05. The molecule has 1 N–H and O–H groups in total. The highest BCUT2D eigenvalue weighted by Gasteiger charge is 2.01. The lowest BCUT2D eigenvalue weighted by Crippen LogP contribution is -1.88. The van der Waals surface area contributed by atoms with Gasteiger partial charge in [-0.2, -0.15) is 10.2 Å². The molecule has 0 aliphatic rings. The van der Waals surface area contributed by atoms with E-state index >= 15 is 0 Å². The molecule has 2 aromatic rings. The molecule has 0 spiro atoms. The number of hydrogen-bond donors (Lipinski definition) is 1. The first-order chi connectivity index (χ1) is 8.29. The molecule has 0 fully saturated rings. The van der Waals surface area contributed by atoms with Gasteiger partial charge in [0, 0.05) is 18.2 Å². The largest absolute Gasteiger partial charge is 0.513 e. The molecule has 0 aliphatic heterocycles. The molecule has 3 nitrogen and oxygen atoms in total. The summed E-state index contributed by atoms with van der Waals surface area (Å²) in [5, 5.41) is 16.2. The van der Waals surface area contributed by atoms with E-state index in [4.69, 9.17) is 5.11 Å². The van der Waals surface area contributed by atoms with Crippen LogP contribution in [0.2, 0.25) is 0 Å². The second kappa shape index (κ2) is 5.21. The summed E-state index contributed by atoms with van der Waals surface area (Å²) in [6.07, 6.45) is 2.19. The number of benzene rings is 1. The van der Waals surface area contributed by atoms with Gasteiger partial charge in [-0.15, -0.1) is 0 Å². The molecule has 4 heteroatoms. The van der Waals surface area contributed by atoms with Gasteiger partial charge in [-0.3, -0.25) is 0 Å². The van der Waals surface area contributed by atoms with Crippen LogP contribution in [-0.4, -0.2) is 15.3 Å². The van der Waals surface area contributed by atoms with Crippen molar-refractivity contribution in [3.8, 4) is 11.3 Å². The van der Waals surface area contributed by atoms with E-state index in [1.165, 1.54) is 0 Å². The minimum Gasteiger partial charge on any atom is -0.513 e. The summed E-state index contributed by atoms with van der Waals surface area (Å²) in [4.78, 5) is 0. The SMILES string of the molecule is O/C=C(\F)Cc1ccc(-c2cccnn2)cc1. The van der Waals surface area contributed by atoms with E-state index in [2.05, 4.69) is 10.2 Å². The molecule has 0 aliphatic carbocycles. The number of nitrogens with zero attached hydrogens (tertiary/aromatic N) is 2. The van der Waals surface area contributed by atoms with Gasteiger partial charge >= 0.3 is 0 Å². The van der Waals surface area contributed by atoms with Crippen LogP contribution in [0.4, 0.5) is 4.39 Å². The smallest absolute Gasteiger partial charge is 0.138 e. The van der Waals surface area contributed by atoms with E-state index < -0.39 is 5.83 Å². The van der Waals surface area contributed by atoms with Gasteiger partial charge in [0.25, 0.3) is 0 Å². The van der Waals surface area contributed by atoms with Gasteiger partial charge in [0.15, 0.2) is 0 Å². The minimum absolute atomic E-state index is 0.0945. The maximum Gasteiger partial charge on any atom is 0.138 e. The average molecular weight is 230 g/mol. The van der Waals surface area contributed by atoms with Crippen molar-refractivity contribution in [2.24, 2.45) is 0 Å². The number of aromatic nitrogens is 2. The summed E-state index contributed by atoms with van der Waals surface area (Å²) in [6.45, 7) is 0. The predicted octanol–water partition coefficient (Wildman–Crippen LogP) is 3.06. The number of aliphatic hydroxyl groups excluding tert-OH is 1.